The molecule has 1 fully saturated rings. The highest BCUT2D eigenvalue weighted by Crippen LogP contribution is 2.28. The van der Waals surface area contributed by atoms with E-state index in [2.05, 4.69) is 21.7 Å². The van der Waals surface area contributed by atoms with Crippen LogP contribution in [-0.2, 0) is 10.0 Å². The lowest BCUT2D eigenvalue weighted by Crippen LogP contribution is -2.36. The molecule has 0 bridgehead atoms. The number of anilines is 1. The van der Waals surface area contributed by atoms with E-state index in [0.717, 1.165) is 13.1 Å². The summed E-state index contributed by atoms with van der Waals surface area (Å²) >= 11 is 1.70. The molecule has 1 unspecified atom stereocenters. The average Bonchev–Trinajstić information content (AvgIpc) is 3.55. The minimum absolute atomic E-state index is 0.107. The minimum Gasteiger partial charge on any atom is -0.350 e. The Balaban J connectivity index is 1.51. The van der Waals surface area contributed by atoms with E-state index in [9.17, 15) is 13.2 Å². The van der Waals surface area contributed by atoms with Crippen molar-refractivity contribution in [3.63, 3.8) is 0 Å². The van der Waals surface area contributed by atoms with Gasteiger partial charge in [0.05, 0.1) is 16.6 Å². The fourth-order valence-corrected chi connectivity index (χ4v) is 6.63. The Morgan fingerprint density at radius 1 is 1.06 bits per heavy atom. The van der Waals surface area contributed by atoms with Gasteiger partial charge in [-0.1, -0.05) is 30.3 Å². The first-order valence-corrected chi connectivity index (χ1v) is 13.6. The fourth-order valence-electron chi connectivity index (χ4n) is 4.25. The molecule has 1 aromatic heterocycles. The van der Waals surface area contributed by atoms with Gasteiger partial charge in [0.1, 0.15) is 0 Å². The van der Waals surface area contributed by atoms with Crippen molar-refractivity contribution in [1.82, 2.24) is 10.2 Å². The maximum absolute atomic E-state index is 13.3. The van der Waals surface area contributed by atoms with Crippen LogP contribution in [0.4, 0.5) is 5.69 Å². The third kappa shape index (κ3) is 5.29. The summed E-state index contributed by atoms with van der Waals surface area (Å²) in [6.45, 7) is 4.63. The number of carbonyl (C=O) groups is 1. The van der Waals surface area contributed by atoms with Crippen molar-refractivity contribution in [3.8, 4) is 0 Å². The average molecular weight is 484 g/mol. The molecule has 0 radical (unpaired) electrons. The second-order valence-corrected chi connectivity index (χ2v) is 10.9. The largest absolute Gasteiger partial charge is 0.350 e. The first-order chi connectivity index (χ1) is 16.0. The quantitative estimate of drug-likeness (QED) is 0.486. The first kappa shape index (κ1) is 23.5. The van der Waals surface area contributed by atoms with Gasteiger partial charge >= 0.3 is 0 Å². The van der Waals surface area contributed by atoms with Crippen molar-refractivity contribution in [2.24, 2.45) is 0 Å². The monoisotopic (exact) mass is 483 g/mol. The highest BCUT2D eigenvalue weighted by atomic mass is 32.2. The van der Waals surface area contributed by atoms with E-state index >= 15 is 0 Å². The molecule has 0 aliphatic carbocycles. The standard InChI is InChI=1S/C25H29N3O3S2/c1-2-28(21-11-4-3-5-12-21)33(30,31)22-13-8-10-20(18-22)25(29)26-19-23(24-14-9-17-32-24)27-15-6-7-16-27/h3-5,8-14,17-18,23H,2,6-7,15-16,19H2,1H3,(H,26,29). The summed E-state index contributed by atoms with van der Waals surface area (Å²) in [6.07, 6.45) is 2.34. The van der Waals surface area contributed by atoms with E-state index in [1.54, 1.807) is 42.5 Å². The summed E-state index contributed by atoms with van der Waals surface area (Å²) in [7, 11) is -3.79. The number of nitrogens with zero attached hydrogens (tertiary/aromatic N) is 2. The zero-order valence-electron chi connectivity index (χ0n) is 18.7. The molecule has 1 N–H and O–H groups in total. The predicted octanol–water partition coefficient (Wildman–Crippen LogP) is 4.53. The molecular weight excluding hydrogens is 454 g/mol. The van der Waals surface area contributed by atoms with Gasteiger partial charge in [0.25, 0.3) is 15.9 Å². The van der Waals surface area contributed by atoms with Gasteiger partial charge in [-0.05, 0) is 74.6 Å². The molecule has 8 heteroatoms. The lowest BCUT2D eigenvalue weighted by molar-refractivity contribution is 0.0938. The molecule has 2 heterocycles. The highest BCUT2D eigenvalue weighted by molar-refractivity contribution is 7.92. The van der Waals surface area contributed by atoms with Gasteiger partial charge in [0.2, 0.25) is 0 Å². The summed E-state index contributed by atoms with van der Waals surface area (Å²) < 4.78 is 28.0. The Labute approximate surface area is 199 Å². The normalized spacial score (nSPS) is 15.3. The number of rotatable bonds is 9. The molecule has 3 aromatic rings. The van der Waals surface area contributed by atoms with Crippen LogP contribution in [0.2, 0.25) is 0 Å². The van der Waals surface area contributed by atoms with E-state index in [0.29, 0.717) is 24.3 Å². The molecule has 1 atom stereocenters. The SMILES string of the molecule is CCN(c1ccccc1)S(=O)(=O)c1cccc(C(=O)NCC(c2cccs2)N2CCCC2)c1. The zero-order valence-corrected chi connectivity index (χ0v) is 20.3. The molecule has 33 heavy (non-hydrogen) atoms. The Hall–Kier alpha value is -2.68. The molecule has 1 saturated heterocycles. The summed E-state index contributed by atoms with van der Waals surface area (Å²) in [5.74, 6) is -0.268. The van der Waals surface area contributed by atoms with Crippen molar-refractivity contribution in [2.45, 2.75) is 30.7 Å². The molecule has 4 rings (SSSR count). The van der Waals surface area contributed by atoms with Gasteiger partial charge in [-0.3, -0.25) is 14.0 Å². The number of thiophene rings is 1. The molecule has 0 saturated carbocycles. The fraction of sp³-hybridized carbons (Fsp3) is 0.320. The number of nitrogens with one attached hydrogen (secondary N) is 1. The van der Waals surface area contributed by atoms with Crippen LogP contribution in [0.5, 0.6) is 0 Å². The topological polar surface area (TPSA) is 69.7 Å². The summed E-state index contributed by atoms with van der Waals surface area (Å²) in [5, 5.41) is 5.09. The van der Waals surface area contributed by atoms with E-state index in [4.69, 9.17) is 0 Å². The van der Waals surface area contributed by atoms with Crippen molar-refractivity contribution in [3.05, 3.63) is 82.6 Å². The lowest BCUT2D eigenvalue weighted by Gasteiger charge is -2.27. The van der Waals surface area contributed by atoms with E-state index < -0.39 is 10.0 Å². The van der Waals surface area contributed by atoms with Gasteiger partial charge in [0.15, 0.2) is 0 Å². The molecule has 0 spiro atoms. The van der Waals surface area contributed by atoms with Crippen LogP contribution < -0.4 is 9.62 Å². The predicted molar refractivity (Wildman–Crippen MR) is 133 cm³/mol. The molecule has 2 aromatic carbocycles. The number of sulfonamides is 1. The Bertz CT molecular complexity index is 1160. The highest BCUT2D eigenvalue weighted by Gasteiger charge is 2.26. The van der Waals surface area contributed by atoms with Crippen LogP contribution in [0, 0.1) is 0 Å². The Morgan fingerprint density at radius 2 is 1.82 bits per heavy atom. The van der Waals surface area contributed by atoms with Crippen LogP contribution in [-0.4, -0.2) is 45.4 Å². The van der Waals surface area contributed by atoms with E-state index in [1.165, 1.54) is 34.2 Å². The number of likely N-dealkylation sites (tertiary alicyclic amines) is 1. The zero-order chi connectivity index (χ0) is 23.3. The second kappa shape index (κ2) is 10.5. The van der Waals surface area contributed by atoms with Gasteiger partial charge < -0.3 is 5.32 Å². The van der Waals surface area contributed by atoms with Crippen molar-refractivity contribution < 1.29 is 13.2 Å². The van der Waals surface area contributed by atoms with Crippen LogP contribution >= 0.6 is 11.3 Å². The third-order valence-corrected chi connectivity index (χ3v) is 8.80. The van der Waals surface area contributed by atoms with Gasteiger partial charge in [-0.15, -0.1) is 11.3 Å². The molecule has 1 aliphatic rings. The number of hydrogen-bond donors (Lipinski definition) is 1. The van der Waals surface area contributed by atoms with Crippen molar-refractivity contribution >= 4 is 33.0 Å². The number of amides is 1. The second-order valence-electron chi connectivity index (χ2n) is 8.02. The maximum atomic E-state index is 13.3. The number of para-hydroxylation sites is 1. The Kier molecular flexibility index (Phi) is 7.47. The molecule has 1 aliphatic heterocycles. The Morgan fingerprint density at radius 3 is 2.48 bits per heavy atom. The molecule has 1 amide bonds. The number of carbonyl (C=O) groups excluding carboxylic acids is 1. The van der Waals surface area contributed by atoms with Gasteiger partial charge in [-0.2, -0.15) is 0 Å². The first-order valence-electron chi connectivity index (χ1n) is 11.2. The van der Waals surface area contributed by atoms with Crippen molar-refractivity contribution in [1.29, 1.82) is 0 Å². The molecular formula is C25H29N3O3S2. The summed E-state index contributed by atoms with van der Waals surface area (Å²) in [4.78, 5) is 16.7. The lowest BCUT2D eigenvalue weighted by atomic mass is 10.2. The van der Waals surface area contributed by atoms with Crippen LogP contribution in [0.25, 0.3) is 0 Å². The molecule has 174 valence electrons. The number of benzene rings is 2. The van der Waals surface area contributed by atoms with Crippen LogP contribution in [0.3, 0.4) is 0 Å². The van der Waals surface area contributed by atoms with E-state index in [1.807, 2.05) is 24.3 Å². The maximum Gasteiger partial charge on any atom is 0.264 e. The summed E-state index contributed by atoms with van der Waals surface area (Å²) in [5.41, 5.74) is 0.936. The van der Waals surface area contributed by atoms with Gasteiger partial charge in [-0.25, -0.2) is 8.42 Å². The van der Waals surface area contributed by atoms with Gasteiger partial charge in [0, 0.05) is 23.5 Å². The van der Waals surface area contributed by atoms with Crippen molar-refractivity contribution in [2.75, 3.05) is 30.5 Å². The minimum atomic E-state index is -3.79. The van der Waals surface area contributed by atoms with Crippen LogP contribution in [0.15, 0.2) is 77.0 Å². The smallest absolute Gasteiger partial charge is 0.264 e. The van der Waals surface area contributed by atoms with E-state index in [-0.39, 0.29) is 16.8 Å². The van der Waals surface area contributed by atoms with Crippen LogP contribution in [0.1, 0.15) is 41.0 Å². The molecule has 6 nitrogen and oxygen atoms in total. The number of hydrogen-bond acceptors (Lipinski definition) is 5. The summed E-state index contributed by atoms with van der Waals surface area (Å²) in [6, 6.07) is 19.5. The third-order valence-electron chi connectivity index (χ3n) is 5.92.